The molecule has 1 N–H and O–H groups in total. The van der Waals surface area contributed by atoms with Crippen molar-refractivity contribution in [1.29, 1.82) is 0 Å². The van der Waals surface area contributed by atoms with Crippen molar-refractivity contribution in [2.24, 2.45) is 0 Å². The number of fused-ring (bicyclic) bond motifs is 1. The summed E-state index contributed by atoms with van der Waals surface area (Å²) in [7, 11) is 0. The number of Topliss-reactive ketones (excluding diaryl/α,β-unsaturated/α-hetero) is 1. The SMILES string of the molecule is CCCC(=O)Nc1ccc(C(=O)COC(=O)c2cc3c(cc2[N+](=O)[O-])OCCO3)cc1. The number of hydrogen-bond acceptors (Lipinski definition) is 8. The van der Waals surface area contributed by atoms with Crippen molar-refractivity contribution < 1.29 is 33.5 Å². The molecule has 1 aliphatic heterocycles. The van der Waals surface area contributed by atoms with Crippen LogP contribution in [0.4, 0.5) is 11.4 Å². The van der Waals surface area contributed by atoms with Gasteiger partial charge in [-0.05, 0) is 30.7 Å². The molecular formula is C21H20N2O8. The second-order valence-electron chi connectivity index (χ2n) is 6.64. The van der Waals surface area contributed by atoms with Crippen LogP contribution in [0.25, 0.3) is 0 Å². The Balaban J connectivity index is 1.66. The molecule has 0 aromatic heterocycles. The van der Waals surface area contributed by atoms with Crippen LogP contribution < -0.4 is 14.8 Å². The summed E-state index contributed by atoms with van der Waals surface area (Å²) in [6.45, 7) is 1.77. The molecule has 0 spiro atoms. The monoisotopic (exact) mass is 428 g/mol. The summed E-state index contributed by atoms with van der Waals surface area (Å²) in [6, 6.07) is 8.38. The highest BCUT2D eigenvalue weighted by Crippen LogP contribution is 2.36. The summed E-state index contributed by atoms with van der Waals surface area (Å²) in [4.78, 5) is 46.9. The maximum Gasteiger partial charge on any atom is 0.345 e. The molecule has 2 aromatic carbocycles. The highest BCUT2D eigenvalue weighted by molar-refractivity contribution is 6.01. The molecule has 10 nitrogen and oxygen atoms in total. The van der Waals surface area contributed by atoms with E-state index in [1.807, 2.05) is 6.92 Å². The molecule has 2 aromatic rings. The van der Waals surface area contributed by atoms with E-state index in [-0.39, 0.29) is 41.7 Å². The number of carbonyl (C=O) groups excluding carboxylic acids is 3. The van der Waals surface area contributed by atoms with Crippen LogP contribution >= 0.6 is 0 Å². The largest absolute Gasteiger partial charge is 0.486 e. The Labute approximate surface area is 177 Å². The third-order valence-electron chi connectivity index (χ3n) is 4.38. The van der Waals surface area contributed by atoms with E-state index in [0.29, 0.717) is 12.1 Å². The Morgan fingerprint density at radius 2 is 1.74 bits per heavy atom. The number of ether oxygens (including phenoxy) is 3. The standard InChI is InChI=1S/C21H20N2O8/c1-2-3-20(25)22-14-6-4-13(5-7-14)17(24)12-31-21(26)15-10-18-19(30-9-8-29-18)11-16(15)23(27)28/h4-7,10-11H,2-3,8-9,12H2,1H3,(H,22,25). The van der Waals surface area contributed by atoms with E-state index in [9.17, 15) is 24.5 Å². The van der Waals surface area contributed by atoms with Crippen LogP contribution in [0.15, 0.2) is 36.4 Å². The Bertz CT molecular complexity index is 1020. The second kappa shape index (κ2) is 9.70. The zero-order valence-corrected chi connectivity index (χ0v) is 16.7. The molecule has 1 aliphatic rings. The summed E-state index contributed by atoms with van der Waals surface area (Å²) in [5, 5.41) is 14.0. The first-order valence-electron chi connectivity index (χ1n) is 9.57. The van der Waals surface area contributed by atoms with Gasteiger partial charge in [0.05, 0.1) is 11.0 Å². The molecule has 0 unspecified atom stereocenters. The fourth-order valence-electron chi connectivity index (χ4n) is 2.87. The molecular weight excluding hydrogens is 408 g/mol. The van der Waals surface area contributed by atoms with Gasteiger partial charge in [-0.15, -0.1) is 0 Å². The molecule has 0 aliphatic carbocycles. The Morgan fingerprint density at radius 3 is 2.35 bits per heavy atom. The van der Waals surface area contributed by atoms with Crippen LogP contribution in [0.2, 0.25) is 0 Å². The lowest BCUT2D eigenvalue weighted by Crippen LogP contribution is -2.18. The van der Waals surface area contributed by atoms with Crippen LogP contribution in [-0.4, -0.2) is 42.4 Å². The third kappa shape index (κ3) is 5.35. The van der Waals surface area contributed by atoms with E-state index in [4.69, 9.17) is 14.2 Å². The lowest BCUT2D eigenvalue weighted by atomic mass is 10.1. The van der Waals surface area contributed by atoms with Crippen molar-refractivity contribution in [3.63, 3.8) is 0 Å². The zero-order valence-electron chi connectivity index (χ0n) is 16.7. The first-order valence-corrected chi connectivity index (χ1v) is 9.57. The van der Waals surface area contributed by atoms with Crippen molar-refractivity contribution in [3.8, 4) is 11.5 Å². The van der Waals surface area contributed by atoms with Gasteiger partial charge in [-0.3, -0.25) is 19.7 Å². The van der Waals surface area contributed by atoms with Crippen LogP contribution in [-0.2, 0) is 9.53 Å². The average molecular weight is 428 g/mol. The Hall–Kier alpha value is -3.95. The van der Waals surface area contributed by atoms with Gasteiger partial charge < -0.3 is 19.5 Å². The molecule has 10 heteroatoms. The summed E-state index contributed by atoms with van der Waals surface area (Å²) in [6.07, 6.45) is 1.11. The van der Waals surface area contributed by atoms with Crippen LogP contribution in [0.1, 0.15) is 40.5 Å². The lowest BCUT2D eigenvalue weighted by Gasteiger charge is -2.18. The van der Waals surface area contributed by atoms with E-state index < -0.39 is 29.0 Å². The predicted molar refractivity (Wildman–Crippen MR) is 109 cm³/mol. The first kappa shape index (κ1) is 21.8. The van der Waals surface area contributed by atoms with Crippen molar-refractivity contribution >= 4 is 29.0 Å². The van der Waals surface area contributed by atoms with Gasteiger partial charge in [0.15, 0.2) is 23.9 Å². The molecule has 1 amide bonds. The number of ketones is 1. The smallest absolute Gasteiger partial charge is 0.345 e. The minimum absolute atomic E-state index is 0.128. The number of esters is 1. The second-order valence-corrected chi connectivity index (χ2v) is 6.64. The maximum atomic E-state index is 12.4. The van der Waals surface area contributed by atoms with Gasteiger partial charge in [0.1, 0.15) is 18.8 Å². The molecule has 0 saturated carbocycles. The van der Waals surface area contributed by atoms with Crippen molar-refractivity contribution in [2.45, 2.75) is 19.8 Å². The van der Waals surface area contributed by atoms with Gasteiger partial charge in [-0.2, -0.15) is 0 Å². The Kier molecular flexibility index (Phi) is 6.81. The van der Waals surface area contributed by atoms with E-state index in [1.165, 1.54) is 18.2 Å². The van der Waals surface area contributed by atoms with Crippen molar-refractivity contribution in [2.75, 3.05) is 25.1 Å². The molecule has 0 bridgehead atoms. The minimum atomic E-state index is -1.03. The minimum Gasteiger partial charge on any atom is -0.486 e. The summed E-state index contributed by atoms with van der Waals surface area (Å²) < 4.78 is 15.6. The highest BCUT2D eigenvalue weighted by Gasteiger charge is 2.27. The first-order chi connectivity index (χ1) is 14.9. The number of rotatable bonds is 8. The van der Waals surface area contributed by atoms with Gasteiger partial charge in [-0.1, -0.05) is 6.92 Å². The molecule has 162 valence electrons. The number of benzene rings is 2. The normalized spacial score (nSPS) is 12.0. The molecule has 31 heavy (non-hydrogen) atoms. The number of nitrogens with zero attached hydrogens (tertiary/aromatic N) is 1. The number of hydrogen-bond donors (Lipinski definition) is 1. The lowest BCUT2D eigenvalue weighted by molar-refractivity contribution is -0.385. The molecule has 0 saturated heterocycles. The van der Waals surface area contributed by atoms with Gasteiger partial charge in [0, 0.05) is 23.7 Å². The summed E-state index contributed by atoms with van der Waals surface area (Å²) in [5.41, 5.74) is -0.0400. The van der Waals surface area contributed by atoms with Gasteiger partial charge in [-0.25, -0.2) is 4.79 Å². The van der Waals surface area contributed by atoms with Crippen LogP contribution in [0.3, 0.4) is 0 Å². The number of carbonyl (C=O) groups is 3. The quantitative estimate of drug-likeness (QED) is 0.293. The van der Waals surface area contributed by atoms with E-state index in [2.05, 4.69) is 5.32 Å². The van der Waals surface area contributed by atoms with Crippen molar-refractivity contribution in [1.82, 2.24) is 0 Å². The predicted octanol–water partition coefficient (Wildman–Crippen LogP) is 3.14. The number of nitrogens with one attached hydrogen (secondary N) is 1. The molecule has 0 radical (unpaired) electrons. The molecule has 0 atom stereocenters. The molecule has 0 fully saturated rings. The van der Waals surface area contributed by atoms with Crippen LogP contribution in [0, 0.1) is 10.1 Å². The Morgan fingerprint density at radius 1 is 1.10 bits per heavy atom. The number of anilines is 1. The van der Waals surface area contributed by atoms with E-state index in [1.54, 1.807) is 12.1 Å². The third-order valence-corrected chi connectivity index (χ3v) is 4.38. The summed E-state index contributed by atoms with van der Waals surface area (Å²) >= 11 is 0. The number of nitro groups is 1. The number of amides is 1. The van der Waals surface area contributed by atoms with Gasteiger partial charge in [0.25, 0.3) is 5.69 Å². The fourth-order valence-corrected chi connectivity index (χ4v) is 2.87. The van der Waals surface area contributed by atoms with E-state index >= 15 is 0 Å². The molecule has 1 heterocycles. The highest BCUT2D eigenvalue weighted by atomic mass is 16.6. The number of nitro benzene ring substituents is 1. The average Bonchev–Trinajstić information content (AvgIpc) is 2.76. The van der Waals surface area contributed by atoms with Gasteiger partial charge >= 0.3 is 5.97 Å². The maximum absolute atomic E-state index is 12.4. The van der Waals surface area contributed by atoms with E-state index in [0.717, 1.165) is 12.5 Å². The molecule has 3 rings (SSSR count). The van der Waals surface area contributed by atoms with Gasteiger partial charge in [0.2, 0.25) is 5.91 Å². The fraction of sp³-hybridized carbons (Fsp3) is 0.286. The topological polar surface area (TPSA) is 134 Å². The van der Waals surface area contributed by atoms with Crippen molar-refractivity contribution in [3.05, 3.63) is 57.6 Å². The van der Waals surface area contributed by atoms with Crippen LogP contribution in [0.5, 0.6) is 11.5 Å². The zero-order chi connectivity index (χ0) is 22.4. The summed E-state index contributed by atoms with van der Waals surface area (Å²) in [5.74, 6) is -1.30.